The van der Waals surface area contributed by atoms with Crippen molar-refractivity contribution in [3.8, 4) is 0 Å². The van der Waals surface area contributed by atoms with Crippen LogP contribution >= 0.6 is 0 Å². The molecule has 0 bridgehead atoms. The van der Waals surface area contributed by atoms with E-state index in [1.54, 1.807) is 20.0 Å². The van der Waals surface area contributed by atoms with Crippen LogP contribution in [0.15, 0.2) is 24.4 Å². The Balaban J connectivity index is 2.43. The number of nitrogen functional groups attached to an aromatic ring is 1. The molecule has 0 aliphatic heterocycles. The fourth-order valence-corrected chi connectivity index (χ4v) is 1.78. The van der Waals surface area contributed by atoms with Crippen LogP contribution in [0.25, 0.3) is 0 Å². The van der Waals surface area contributed by atoms with Crippen molar-refractivity contribution in [2.75, 3.05) is 5.73 Å². The molecule has 90 valence electrons. The van der Waals surface area contributed by atoms with Crippen molar-refractivity contribution in [1.29, 1.82) is 0 Å². The van der Waals surface area contributed by atoms with E-state index in [1.807, 2.05) is 0 Å². The van der Waals surface area contributed by atoms with Crippen molar-refractivity contribution >= 4 is 5.82 Å². The number of halogens is 1. The van der Waals surface area contributed by atoms with Crippen molar-refractivity contribution in [2.45, 2.75) is 13.0 Å². The predicted octanol–water partition coefficient (Wildman–Crippen LogP) is 1.53. The first kappa shape index (κ1) is 11.6. The van der Waals surface area contributed by atoms with Gasteiger partial charge in [0.2, 0.25) is 0 Å². The van der Waals surface area contributed by atoms with E-state index in [2.05, 4.69) is 5.10 Å². The van der Waals surface area contributed by atoms with Crippen molar-refractivity contribution < 1.29 is 9.50 Å². The molecule has 0 fully saturated rings. The summed E-state index contributed by atoms with van der Waals surface area (Å²) in [5.41, 5.74) is 7.47. The fourth-order valence-electron chi connectivity index (χ4n) is 1.78. The van der Waals surface area contributed by atoms with Crippen molar-refractivity contribution in [3.05, 3.63) is 46.9 Å². The molecule has 2 rings (SSSR count). The SMILES string of the molecule is Cc1cc(F)cc(C(O)c2cnn(C)c2N)c1. The molecule has 1 aromatic heterocycles. The van der Waals surface area contributed by atoms with Crippen molar-refractivity contribution in [3.63, 3.8) is 0 Å². The summed E-state index contributed by atoms with van der Waals surface area (Å²) in [5.74, 6) is 0.000857. The van der Waals surface area contributed by atoms with Crippen LogP contribution in [-0.4, -0.2) is 14.9 Å². The van der Waals surface area contributed by atoms with E-state index in [-0.39, 0.29) is 5.82 Å². The van der Waals surface area contributed by atoms with E-state index in [0.29, 0.717) is 16.9 Å². The van der Waals surface area contributed by atoms with Crippen molar-refractivity contribution in [2.24, 2.45) is 7.05 Å². The molecule has 1 aromatic carbocycles. The summed E-state index contributed by atoms with van der Waals surface area (Å²) in [7, 11) is 1.68. The van der Waals surface area contributed by atoms with Crippen LogP contribution in [0.2, 0.25) is 0 Å². The second kappa shape index (κ2) is 4.18. The predicted molar refractivity (Wildman–Crippen MR) is 62.8 cm³/mol. The maximum Gasteiger partial charge on any atom is 0.127 e. The number of hydrogen-bond acceptors (Lipinski definition) is 3. The normalized spacial score (nSPS) is 12.7. The highest BCUT2D eigenvalue weighted by Gasteiger charge is 2.17. The van der Waals surface area contributed by atoms with E-state index in [1.165, 1.54) is 23.0 Å². The van der Waals surface area contributed by atoms with E-state index >= 15 is 0 Å². The third-order valence-corrected chi connectivity index (χ3v) is 2.69. The molecule has 0 radical (unpaired) electrons. The topological polar surface area (TPSA) is 64.1 Å². The van der Waals surface area contributed by atoms with Crippen LogP contribution in [-0.2, 0) is 7.05 Å². The minimum Gasteiger partial charge on any atom is -0.384 e. The average Bonchev–Trinajstić information content (AvgIpc) is 2.57. The van der Waals surface area contributed by atoms with Gasteiger partial charge < -0.3 is 10.8 Å². The van der Waals surface area contributed by atoms with Crippen LogP contribution in [0.1, 0.15) is 22.8 Å². The van der Waals surface area contributed by atoms with Gasteiger partial charge in [-0.3, -0.25) is 4.68 Å². The van der Waals surface area contributed by atoms with Gasteiger partial charge in [-0.1, -0.05) is 6.07 Å². The molecule has 3 N–H and O–H groups in total. The molecule has 0 spiro atoms. The Kier molecular flexibility index (Phi) is 2.85. The van der Waals surface area contributed by atoms with E-state index in [4.69, 9.17) is 5.73 Å². The Labute approximate surface area is 98.5 Å². The third-order valence-electron chi connectivity index (χ3n) is 2.69. The van der Waals surface area contributed by atoms with Gasteiger partial charge in [0.15, 0.2) is 0 Å². The Morgan fingerprint density at radius 1 is 1.41 bits per heavy atom. The molecule has 0 saturated heterocycles. The molecule has 2 aromatic rings. The van der Waals surface area contributed by atoms with Gasteiger partial charge in [-0.15, -0.1) is 0 Å². The summed E-state index contributed by atoms with van der Waals surface area (Å²) >= 11 is 0. The van der Waals surface area contributed by atoms with E-state index in [9.17, 15) is 9.50 Å². The zero-order chi connectivity index (χ0) is 12.6. The number of benzene rings is 1. The number of aryl methyl sites for hydroxylation is 2. The number of anilines is 1. The lowest BCUT2D eigenvalue weighted by molar-refractivity contribution is 0.220. The molecule has 17 heavy (non-hydrogen) atoms. The number of nitrogens with two attached hydrogens (primary N) is 1. The number of rotatable bonds is 2. The fraction of sp³-hybridized carbons (Fsp3) is 0.250. The first-order valence-corrected chi connectivity index (χ1v) is 5.21. The molecule has 1 unspecified atom stereocenters. The lowest BCUT2D eigenvalue weighted by atomic mass is 10.0. The minimum atomic E-state index is -0.960. The lowest BCUT2D eigenvalue weighted by Gasteiger charge is -2.11. The summed E-state index contributed by atoms with van der Waals surface area (Å²) in [6.07, 6.45) is 0.526. The Hall–Kier alpha value is -1.88. The Morgan fingerprint density at radius 2 is 2.12 bits per heavy atom. The molecular weight excluding hydrogens is 221 g/mol. The summed E-state index contributed by atoms with van der Waals surface area (Å²) in [6, 6.07) is 4.42. The van der Waals surface area contributed by atoms with Gasteiger partial charge in [-0.2, -0.15) is 5.10 Å². The van der Waals surface area contributed by atoms with Gasteiger partial charge in [0.05, 0.1) is 6.20 Å². The number of aliphatic hydroxyl groups excluding tert-OH is 1. The third kappa shape index (κ3) is 2.14. The molecule has 0 amide bonds. The molecule has 4 nitrogen and oxygen atoms in total. The number of aromatic nitrogens is 2. The van der Waals surface area contributed by atoms with Crippen LogP contribution < -0.4 is 5.73 Å². The average molecular weight is 235 g/mol. The molecule has 0 aliphatic rings. The van der Waals surface area contributed by atoms with Crippen molar-refractivity contribution in [1.82, 2.24) is 9.78 Å². The van der Waals surface area contributed by atoms with Gasteiger partial charge >= 0.3 is 0 Å². The molecule has 1 heterocycles. The second-order valence-electron chi connectivity index (χ2n) is 4.07. The van der Waals surface area contributed by atoms with Crippen LogP contribution in [0, 0.1) is 12.7 Å². The summed E-state index contributed by atoms with van der Waals surface area (Å²) < 4.78 is 14.7. The lowest BCUT2D eigenvalue weighted by Crippen LogP contribution is -2.05. The Bertz CT molecular complexity index is 530. The number of aliphatic hydroxyl groups is 1. The molecular formula is C12H14FN3O. The van der Waals surface area contributed by atoms with E-state index < -0.39 is 6.10 Å². The first-order chi connectivity index (χ1) is 7.99. The highest BCUT2D eigenvalue weighted by Crippen LogP contribution is 2.27. The van der Waals surface area contributed by atoms with Gasteiger partial charge in [0.1, 0.15) is 17.7 Å². The van der Waals surface area contributed by atoms with E-state index in [0.717, 1.165) is 5.56 Å². The molecule has 5 heteroatoms. The molecule has 1 atom stereocenters. The molecule has 0 aliphatic carbocycles. The smallest absolute Gasteiger partial charge is 0.127 e. The Morgan fingerprint density at radius 3 is 2.65 bits per heavy atom. The van der Waals surface area contributed by atoms with Gasteiger partial charge in [-0.25, -0.2) is 4.39 Å². The second-order valence-corrected chi connectivity index (χ2v) is 4.07. The zero-order valence-electron chi connectivity index (χ0n) is 9.68. The quantitative estimate of drug-likeness (QED) is 0.829. The highest BCUT2D eigenvalue weighted by molar-refractivity contribution is 5.44. The van der Waals surface area contributed by atoms with Crippen LogP contribution in [0.3, 0.4) is 0 Å². The number of nitrogens with zero attached hydrogens (tertiary/aromatic N) is 2. The highest BCUT2D eigenvalue weighted by atomic mass is 19.1. The van der Waals surface area contributed by atoms with Gasteiger partial charge in [0.25, 0.3) is 0 Å². The maximum absolute atomic E-state index is 13.2. The molecule has 0 saturated carbocycles. The number of hydrogen-bond donors (Lipinski definition) is 2. The largest absolute Gasteiger partial charge is 0.384 e. The standard InChI is InChI=1S/C12H14FN3O/c1-7-3-8(5-9(13)4-7)11(17)10-6-15-16(2)12(10)14/h3-6,11,17H,14H2,1-2H3. The van der Waals surface area contributed by atoms with Gasteiger partial charge in [0, 0.05) is 12.6 Å². The summed E-state index contributed by atoms with van der Waals surface area (Å²) in [5, 5.41) is 14.1. The monoisotopic (exact) mass is 235 g/mol. The van der Waals surface area contributed by atoms with Crippen LogP contribution in [0.4, 0.5) is 10.2 Å². The zero-order valence-corrected chi connectivity index (χ0v) is 9.68. The van der Waals surface area contributed by atoms with Gasteiger partial charge in [-0.05, 0) is 30.2 Å². The van der Waals surface area contributed by atoms with Crippen LogP contribution in [0.5, 0.6) is 0 Å². The summed E-state index contributed by atoms with van der Waals surface area (Å²) in [6.45, 7) is 1.77. The minimum absolute atomic E-state index is 0.374. The maximum atomic E-state index is 13.2. The summed E-state index contributed by atoms with van der Waals surface area (Å²) in [4.78, 5) is 0. The first-order valence-electron chi connectivity index (χ1n) is 5.21.